The molecule has 4 heteroatoms. The fraction of sp³-hybridized carbons (Fsp3) is 0.700. The van der Waals surface area contributed by atoms with Crippen LogP contribution in [-0.4, -0.2) is 22.4 Å². The number of hydrogen-bond acceptors (Lipinski definition) is 3. The number of aryl methyl sites for hydroxylation is 2. The maximum atomic E-state index is 5.81. The van der Waals surface area contributed by atoms with Gasteiger partial charge in [0.2, 0.25) is 0 Å². The molecule has 0 aliphatic carbocycles. The summed E-state index contributed by atoms with van der Waals surface area (Å²) in [5.41, 5.74) is 7.85. The topological polar surface area (TPSA) is 53.1 Å². The predicted molar refractivity (Wildman–Crippen MR) is 53.8 cm³/mol. The van der Waals surface area contributed by atoms with Crippen molar-refractivity contribution in [3.63, 3.8) is 0 Å². The first kappa shape index (κ1) is 9.68. The van der Waals surface area contributed by atoms with Crippen molar-refractivity contribution >= 4 is 0 Å². The molecule has 78 valence electrons. The second-order valence-corrected chi connectivity index (χ2v) is 3.90. The van der Waals surface area contributed by atoms with E-state index in [4.69, 9.17) is 10.5 Å². The Kier molecular flexibility index (Phi) is 2.56. The van der Waals surface area contributed by atoms with Crippen molar-refractivity contribution in [1.29, 1.82) is 0 Å². The maximum absolute atomic E-state index is 5.81. The molecule has 1 aromatic rings. The quantitative estimate of drug-likeness (QED) is 0.763. The summed E-state index contributed by atoms with van der Waals surface area (Å²) in [6.45, 7) is 2.64. The Hall–Kier alpha value is -0.870. The van der Waals surface area contributed by atoms with E-state index in [1.165, 1.54) is 5.56 Å². The number of ether oxygens (including phenoxy) is 1. The minimum atomic E-state index is 0.206. The van der Waals surface area contributed by atoms with Crippen LogP contribution in [0.25, 0.3) is 0 Å². The summed E-state index contributed by atoms with van der Waals surface area (Å²) in [5.74, 6) is 0. The molecule has 14 heavy (non-hydrogen) atoms. The molecule has 0 amide bonds. The molecule has 1 aliphatic heterocycles. The van der Waals surface area contributed by atoms with E-state index in [1.807, 2.05) is 24.9 Å². The van der Waals surface area contributed by atoms with Crippen LogP contribution in [0.5, 0.6) is 0 Å². The van der Waals surface area contributed by atoms with Crippen LogP contribution in [0.15, 0.2) is 6.20 Å². The fourth-order valence-corrected chi connectivity index (χ4v) is 2.04. The van der Waals surface area contributed by atoms with Crippen LogP contribution in [0.4, 0.5) is 0 Å². The van der Waals surface area contributed by atoms with E-state index < -0.39 is 0 Å². The molecular weight excluding hydrogens is 178 g/mol. The van der Waals surface area contributed by atoms with E-state index >= 15 is 0 Å². The zero-order valence-corrected chi connectivity index (χ0v) is 8.73. The lowest BCUT2D eigenvalue weighted by Crippen LogP contribution is -2.18. The predicted octanol–water partition coefficient (Wildman–Crippen LogP) is 0.907. The average molecular weight is 195 g/mol. The molecule has 1 saturated heterocycles. The Balaban J connectivity index is 2.13. The first-order chi connectivity index (χ1) is 6.70. The summed E-state index contributed by atoms with van der Waals surface area (Å²) in [4.78, 5) is 0. The van der Waals surface area contributed by atoms with Gasteiger partial charge in [0, 0.05) is 25.4 Å². The monoisotopic (exact) mass is 195 g/mol. The molecule has 0 bridgehead atoms. The van der Waals surface area contributed by atoms with E-state index in [0.29, 0.717) is 6.54 Å². The normalized spacial score (nSPS) is 27.1. The van der Waals surface area contributed by atoms with E-state index in [9.17, 15) is 0 Å². The number of aromatic nitrogens is 2. The molecule has 0 aromatic carbocycles. The second-order valence-electron chi connectivity index (χ2n) is 3.90. The van der Waals surface area contributed by atoms with E-state index in [1.54, 1.807) is 0 Å². The number of hydrogen-bond donors (Lipinski definition) is 1. The lowest BCUT2D eigenvalue weighted by atomic mass is 10.1. The zero-order valence-electron chi connectivity index (χ0n) is 8.73. The van der Waals surface area contributed by atoms with Crippen molar-refractivity contribution in [3.05, 3.63) is 17.5 Å². The van der Waals surface area contributed by atoms with Gasteiger partial charge in [-0.15, -0.1) is 0 Å². The Morgan fingerprint density at radius 1 is 1.64 bits per heavy atom. The van der Waals surface area contributed by atoms with Gasteiger partial charge in [-0.2, -0.15) is 5.10 Å². The van der Waals surface area contributed by atoms with Gasteiger partial charge >= 0.3 is 0 Å². The highest BCUT2D eigenvalue weighted by Gasteiger charge is 2.27. The SMILES string of the molecule is Cc1nn(C)cc1C1CCC(CN)O1. The van der Waals surface area contributed by atoms with Crippen LogP contribution in [0.2, 0.25) is 0 Å². The fourth-order valence-electron chi connectivity index (χ4n) is 2.04. The van der Waals surface area contributed by atoms with Crippen molar-refractivity contribution in [1.82, 2.24) is 9.78 Å². The Morgan fingerprint density at radius 3 is 2.93 bits per heavy atom. The van der Waals surface area contributed by atoms with Crippen LogP contribution < -0.4 is 5.73 Å². The molecule has 1 fully saturated rings. The molecule has 2 heterocycles. The third-order valence-corrected chi connectivity index (χ3v) is 2.77. The summed E-state index contributed by atoms with van der Waals surface area (Å²) >= 11 is 0. The van der Waals surface area contributed by atoms with E-state index in [-0.39, 0.29) is 12.2 Å². The third-order valence-electron chi connectivity index (χ3n) is 2.77. The molecule has 2 rings (SSSR count). The van der Waals surface area contributed by atoms with E-state index in [2.05, 4.69) is 5.10 Å². The van der Waals surface area contributed by atoms with E-state index in [0.717, 1.165) is 18.5 Å². The average Bonchev–Trinajstić information content (AvgIpc) is 2.71. The van der Waals surface area contributed by atoms with Crippen LogP contribution in [0, 0.1) is 6.92 Å². The highest BCUT2D eigenvalue weighted by Crippen LogP contribution is 2.33. The van der Waals surface area contributed by atoms with Gasteiger partial charge in [-0.05, 0) is 19.8 Å². The smallest absolute Gasteiger partial charge is 0.0863 e. The Bertz CT molecular complexity index is 321. The summed E-state index contributed by atoms with van der Waals surface area (Å²) in [6.07, 6.45) is 4.61. The maximum Gasteiger partial charge on any atom is 0.0863 e. The highest BCUT2D eigenvalue weighted by atomic mass is 16.5. The third kappa shape index (κ3) is 1.67. The minimum Gasteiger partial charge on any atom is -0.369 e. The first-order valence-electron chi connectivity index (χ1n) is 5.06. The molecule has 2 atom stereocenters. The Labute approximate surface area is 84.0 Å². The van der Waals surface area contributed by atoms with Crippen molar-refractivity contribution in [2.45, 2.75) is 32.0 Å². The lowest BCUT2D eigenvalue weighted by Gasteiger charge is -2.10. The molecule has 0 radical (unpaired) electrons. The van der Waals surface area contributed by atoms with Crippen LogP contribution >= 0.6 is 0 Å². The van der Waals surface area contributed by atoms with Gasteiger partial charge in [0.1, 0.15) is 0 Å². The van der Waals surface area contributed by atoms with Crippen LogP contribution in [0.3, 0.4) is 0 Å². The number of rotatable bonds is 2. The van der Waals surface area contributed by atoms with Gasteiger partial charge in [-0.3, -0.25) is 4.68 Å². The molecule has 1 aromatic heterocycles. The molecular formula is C10H17N3O. The van der Waals surface area contributed by atoms with Crippen molar-refractivity contribution in [2.24, 2.45) is 12.8 Å². The zero-order chi connectivity index (χ0) is 10.1. The molecule has 2 unspecified atom stereocenters. The summed E-state index contributed by atoms with van der Waals surface area (Å²) in [7, 11) is 1.94. The number of nitrogens with two attached hydrogens (primary N) is 1. The lowest BCUT2D eigenvalue weighted by molar-refractivity contribution is 0.0495. The van der Waals surface area contributed by atoms with Gasteiger partial charge in [0.25, 0.3) is 0 Å². The van der Waals surface area contributed by atoms with Crippen molar-refractivity contribution < 1.29 is 4.74 Å². The number of nitrogens with zero attached hydrogens (tertiary/aromatic N) is 2. The minimum absolute atomic E-state index is 0.206. The standard InChI is InChI=1S/C10H17N3O/c1-7-9(6-13(2)12-7)10-4-3-8(5-11)14-10/h6,8,10H,3-5,11H2,1-2H3. The van der Waals surface area contributed by atoms with Crippen LogP contribution in [0.1, 0.15) is 30.2 Å². The Morgan fingerprint density at radius 2 is 2.43 bits per heavy atom. The first-order valence-corrected chi connectivity index (χ1v) is 5.06. The van der Waals surface area contributed by atoms with Gasteiger partial charge in [0.05, 0.1) is 17.9 Å². The van der Waals surface area contributed by atoms with Gasteiger partial charge in [0.15, 0.2) is 0 Å². The van der Waals surface area contributed by atoms with Gasteiger partial charge < -0.3 is 10.5 Å². The summed E-state index contributed by atoms with van der Waals surface area (Å²) in [5, 5.41) is 4.31. The van der Waals surface area contributed by atoms with Crippen molar-refractivity contribution in [2.75, 3.05) is 6.54 Å². The summed E-state index contributed by atoms with van der Waals surface area (Å²) in [6, 6.07) is 0. The molecule has 4 nitrogen and oxygen atoms in total. The molecule has 1 aliphatic rings. The van der Waals surface area contributed by atoms with Gasteiger partial charge in [-0.1, -0.05) is 0 Å². The summed E-state index contributed by atoms with van der Waals surface area (Å²) < 4.78 is 7.65. The van der Waals surface area contributed by atoms with Crippen LogP contribution in [-0.2, 0) is 11.8 Å². The highest BCUT2D eigenvalue weighted by molar-refractivity contribution is 5.19. The van der Waals surface area contributed by atoms with Gasteiger partial charge in [-0.25, -0.2) is 0 Å². The van der Waals surface area contributed by atoms with Crippen molar-refractivity contribution in [3.8, 4) is 0 Å². The molecule has 2 N–H and O–H groups in total. The molecule has 0 spiro atoms. The second kappa shape index (κ2) is 3.71. The largest absolute Gasteiger partial charge is 0.369 e. The molecule has 0 saturated carbocycles.